The first kappa shape index (κ1) is 11.3. The molecule has 0 aliphatic heterocycles. The van der Waals surface area contributed by atoms with Gasteiger partial charge in [-0.25, -0.2) is 4.98 Å². The Bertz CT molecular complexity index is 555. The zero-order valence-corrected chi connectivity index (χ0v) is 11.8. The Hall–Kier alpha value is -0.830. The van der Waals surface area contributed by atoms with Gasteiger partial charge < -0.3 is 4.42 Å². The lowest BCUT2D eigenvalue weighted by molar-refractivity contribution is 0.532. The fourth-order valence-electron chi connectivity index (χ4n) is 2.16. The maximum Gasteiger partial charge on any atom is 0.198 e. The summed E-state index contributed by atoms with van der Waals surface area (Å²) in [6.45, 7) is 4.47. The highest BCUT2D eigenvalue weighted by Crippen LogP contribution is 2.41. The molecule has 0 atom stereocenters. The van der Waals surface area contributed by atoms with Crippen molar-refractivity contribution in [2.45, 2.75) is 39.0 Å². The molecule has 0 amide bonds. The van der Waals surface area contributed by atoms with Crippen LogP contribution in [-0.4, -0.2) is 4.98 Å². The normalized spacial score (nSPS) is 16.0. The fraction of sp³-hybridized carbons (Fsp3) is 0.500. The van der Waals surface area contributed by atoms with Crippen molar-refractivity contribution in [3.8, 4) is 0 Å². The molecule has 1 aliphatic rings. The molecule has 0 spiro atoms. The SMILES string of the molecule is CC(C)Cc1cc(Br)c2oc(C3CC3)nc2c1. The van der Waals surface area contributed by atoms with Gasteiger partial charge in [-0.1, -0.05) is 13.8 Å². The van der Waals surface area contributed by atoms with Crippen LogP contribution in [0.15, 0.2) is 21.0 Å². The number of hydrogen-bond acceptors (Lipinski definition) is 2. The van der Waals surface area contributed by atoms with Gasteiger partial charge in [0, 0.05) is 5.92 Å². The van der Waals surface area contributed by atoms with E-state index in [1.54, 1.807) is 0 Å². The summed E-state index contributed by atoms with van der Waals surface area (Å²) >= 11 is 3.59. The van der Waals surface area contributed by atoms with E-state index in [0.29, 0.717) is 11.8 Å². The van der Waals surface area contributed by atoms with Crippen LogP contribution in [0, 0.1) is 5.92 Å². The van der Waals surface area contributed by atoms with Gasteiger partial charge in [0.1, 0.15) is 5.52 Å². The van der Waals surface area contributed by atoms with Crippen molar-refractivity contribution in [3.63, 3.8) is 0 Å². The monoisotopic (exact) mass is 293 g/mol. The molecule has 1 aliphatic carbocycles. The number of benzene rings is 1. The number of rotatable bonds is 3. The summed E-state index contributed by atoms with van der Waals surface area (Å²) in [6.07, 6.45) is 3.53. The van der Waals surface area contributed by atoms with Crippen molar-refractivity contribution >= 4 is 27.0 Å². The molecule has 0 saturated heterocycles. The Morgan fingerprint density at radius 3 is 2.82 bits per heavy atom. The number of nitrogens with zero attached hydrogens (tertiary/aromatic N) is 1. The lowest BCUT2D eigenvalue weighted by Crippen LogP contribution is -1.93. The van der Waals surface area contributed by atoms with Gasteiger partial charge in [0.2, 0.25) is 0 Å². The summed E-state index contributed by atoms with van der Waals surface area (Å²) in [6, 6.07) is 4.32. The molecular formula is C14H16BrNO. The molecule has 2 aromatic rings. The highest BCUT2D eigenvalue weighted by Gasteiger charge is 2.29. The summed E-state index contributed by atoms with van der Waals surface area (Å²) in [5, 5.41) is 0. The number of oxazole rings is 1. The highest BCUT2D eigenvalue weighted by atomic mass is 79.9. The van der Waals surface area contributed by atoms with E-state index >= 15 is 0 Å². The number of halogens is 1. The molecule has 1 aromatic carbocycles. The third-order valence-corrected chi connectivity index (χ3v) is 3.68. The van der Waals surface area contributed by atoms with E-state index in [0.717, 1.165) is 27.9 Å². The second-order valence-electron chi connectivity index (χ2n) is 5.35. The molecule has 0 radical (unpaired) electrons. The van der Waals surface area contributed by atoms with Gasteiger partial charge in [-0.15, -0.1) is 0 Å². The second kappa shape index (κ2) is 4.13. The summed E-state index contributed by atoms with van der Waals surface area (Å²) in [4.78, 5) is 4.61. The van der Waals surface area contributed by atoms with Crippen LogP contribution in [0.1, 0.15) is 44.1 Å². The van der Waals surface area contributed by atoms with E-state index in [1.807, 2.05) is 0 Å². The Kier molecular flexibility index (Phi) is 2.74. The zero-order valence-electron chi connectivity index (χ0n) is 10.2. The number of aromatic nitrogens is 1. The van der Waals surface area contributed by atoms with Gasteiger partial charge in [0.25, 0.3) is 0 Å². The molecule has 0 bridgehead atoms. The minimum absolute atomic E-state index is 0.572. The maximum atomic E-state index is 5.82. The molecule has 1 heterocycles. The average molecular weight is 294 g/mol. The Labute approximate surface area is 110 Å². The quantitative estimate of drug-likeness (QED) is 0.822. The molecule has 2 nitrogen and oxygen atoms in total. The predicted octanol–water partition coefficient (Wildman–Crippen LogP) is 4.67. The molecule has 3 heteroatoms. The van der Waals surface area contributed by atoms with E-state index in [9.17, 15) is 0 Å². The molecule has 0 N–H and O–H groups in total. The molecular weight excluding hydrogens is 278 g/mol. The van der Waals surface area contributed by atoms with Crippen LogP contribution >= 0.6 is 15.9 Å². The van der Waals surface area contributed by atoms with Crippen LogP contribution in [0.3, 0.4) is 0 Å². The van der Waals surface area contributed by atoms with Crippen LogP contribution in [0.4, 0.5) is 0 Å². The number of hydrogen-bond donors (Lipinski definition) is 0. The minimum Gasteiger partial charge on any atom is -0.439 e. The lowest BCUT2D eigenvalue weighted by Gasteiger charge is -2.04. The average Bonchev–Trinajstić information content (AvgIpc) is 2.98. The molecule has 17 heavy (non-hydrogen) atoms. The van der Waals surface area contributed by atoms with Gasteiger partial charge in [-0.2, -0.15) is 0 Å². The smallest absolute Gasteiger partial charge is 0.198 e. The van der Waals surface area contributed by atoms with Crippen molar-refractivity contribution in [2.24, 2.45) is 5.92 Å². The maximum absolute atomic E-state index is 5.82. The van der Waals surface area contributed by atoms with Crippen LogP contribution in [0.2, 0.25) is 0 Å². The van der Waals surface area contributed by atoms with Gasteiger partial charge in [-0.3, -0.25) is 0 Å². The van der Waals surface area contributed by atoms with Crippen molar-refractivity contribution in [2.75, 3.05) is 0 Å². The van der Waals surface area contributed by atoms with Crippen molar-refractivity contribution in [1.82, 2.24) is 4.98 Å². The van der Waals surface area contributed by atoms with Crippen LogP contribution in [-0.2, 0) is 6.42 Å². The summed E-state index contributed by atoms with van der Waals surface area (Å²) in [7, 11) is 0. The van der Waals surface area contributed by atoms with Crippen molar-refractivity contribution in [1.29, 1.82) is 0 Å². The molecule has 1 fully saturated rings. The van der Waals surface area contributed by atoms with Gasteiger partial charge >= 0.3 is 0 Å². The van der Waals surface area contributed by atoms with Crippen LogP contribution in [0.25, 0.3) is 11.1 Å². The topological polar surface area (TPSA) is 26.0 Å². The molecule has 1 saturated carbocycles. The summed E-state index contributed by atoms with van der Waals surface area (Å²) in [5.74, 6) is 2.15. The summed E-state index contributed by atoms with van der Waals surface area (Å²) < 4.78 is 6.86. The van der Waals surface area contributed by atoms with Gasteiger partial charge in [0.05, 0.1) is 4.47 Å². The van der Waals surface area contributed by atoms with Gasteiger partial charge in [0.15, 0.2) is 11.5 Å². The van der Waals surface area contributed by atoms with Crippen molar-refractivity contribution < 1.29 is 4.42 Å². The van der Waals surface area contributed by atoms with Crippen molar-refractivity contribution in [3.05, 3.63) is 28.1 Å². The summed E-state index contributed by atoms with van der Waals surface area (Å²) in [5.41, 5.74) is 3.23. The third kappa shape index (κ3) is 2.25. The van der Waals surface area contributed by atoms with Gasteiger partial charge in [-0.05, 0) is 58.8 Å². The van der Waals surface area contributed by atoms with E-state index in [4.69, 9.17) is 4.42 Å². The third-order valence-electron chi connectivity index (χ3n) is 3.09. The predicted molar refractivity (Wildman–Crippen MR) is 72.2 cm³/mol. The van der Waals surface area contributed by atoms with E-state index in [2.05, 4.69) is 46.9 Å². The lowest BCUT2D eigenvalue weighted by atomic mass is 10.0. The largest absolute Gasteiger partial charge is 0.439 e. The Balaban J connectivity index is 2.04. The van der Waals surface area contributed by atoms with E-state index in [-0.39, 0.29) is 0 Å². The first-order chi connectivity index (χ1) is 8.13. The zero-order chi connectivity index (χ0) is 12.0. The van der Waals surface area contributed by atoms with E-state index < -0.39 is 0 Å². The van der Waals surface area contributed by atoms with Crippen LogP contribution in [0.5, 0.6) is 0 Å². The Morgan fingerprint density at radius 2 is 2.18 bits per heavy atom. The second-order valence-corrected chi connectivity index (χ2v) is 6.20. The number of fused-ring (bicyclic) bond motifs is 1. The van der Waals surface area contributed by atoms with Crippen LogP contribution < -0.4 is 0 Å². The first-order valence-electron chi connectivity index (χ1n) is 6.22. The molecule has 1 aromatic heterocycles. The van der Waals surface area contributed by atoms with E-state index in [1.165, 1.54) is 18.4 Å². The Morgan fingerprint density at radius 1 is 1.41 bits per heavy atom. The molecule has 90 valence electrons. The fourth-order valence-corrected chi connectivity index (χ4v) is 2.74. The first-order valence-corrected chi connectivity index (χ1v) is 7.01. The highest BCUT2D eigenvalue weighted by molar-refractivity contribution is 9.10. The minimum atomic E-state index is 0.572. The molecule has 3 rings (SSSR count). The molecule has 0 unspecified atom stereocenters. The standard InChI is InChI=1S/C14H16BrNO/c1-8(2)5-9-6-11(15)13-12(7-9)16-14(17-13)10-3-4-10/h6-8,10H,3-5H2,1-2H3.